The maximum atomic E-state index is 9.07. The van der Waals surface area contributed by atoms with E-state index in [1.807, 2.05) is 6.07 Å². The predicted molar refractivity (Wildman–Crippen MR) is 102 cm³/mol. The molecule has 1 saturated heterocycles. The molecule has 1 aliphatic heterocycles. The van der Waals surface area contributed by atoms with Crippen molar-refractivity contribution in [1.82, 2.24) is 4.90 Å². The average molecular weight is 368 g/mol. The summed E-state index contributed by atoms with van der Waals surface area (Å²) < 4.78 is 6.41. The van der Waals surface area contributed by atoms with Crippen LogP contribution >= 0.6 is 11.6 Å². The Morgan fingerprint density at radius 3 is 2.85 bits per heavy atom. The van der Waals surface area contributed by atoms with E-state index in [0.717, 1.165) is 32.4 Å². The van der Waals surface area contributed by atoms with Crippen molar-refractivity contribution < 1.29 is 4.74 Å². The summed E-state index contributed by atoms with van der Waals surface area (Å²) in [5.74, 6) is 0.696. The quantitative estimate of drug-likeness (QED) is 0.898. The first-order valence-electron chi connectivity index (χ1n) is 9.09. The van der Waals surface area contributed by atoms with E-state index in [4.69, 9.17) is 27.3 Å². The van der Waals surface area contributed by atoms with Gasteiger partial charge < -0.3 is 10.5 Å². The van der Waals surface area contributed by atoms with Crippen molar-refractivity contribution in [2.24, 2.45) is 5.73 Å². The number of likely N-dealkylation sites (tertiary alicyclic amines) is 1. The number of benzene rings is 2. The molecule has 0 spiro atoms. The highest BCUT2D eigenvalue weighted by Crippen LogP contribution is 2.39. The summed E-state index contributed by atoms with van der Waals surface area (Å²) in [5.41, 5.74) is 9.25. The second-order valence-corrected chi connectivity index (χ2v) is 7.57. The Bertz CT molecular complexity index is 847. The molecule has 1 heterocycles. The number of ether oxygens (including phenoxy) is 1. The van der Waals surface area contributed by atoms with Crippen molar-refractivity contribution in [2.75, 3.05) is 13.1 Å². The van der Waals surface area contributed by atoms with Crippen molar-refractivity contribution in [3.8, 4) is 11.8 Å². The number of hydrogen-bond donors (Lipinski definition) is 1. The van der Waals surface area contributed by atoms with Gasteiger partial charge in [-0.1, -0.05) is 35.9 Å². The fourth-order valence-corrected chi connectivity index (χ4v) is 4.36. The third-order valence-electron chi connectivity index (χ3n) is 5.42. The van der Waals surface area contributed by atoms with Crippen LogP contribution in [0.1, 0.15) is 35.6 Å². The number of hydrogen-bond acceptors (Lipinski definition) is 4. The van der Waals surface area contributed by atoms with E-state index >= 15 is 0 Å². The third-order valence-corrected chi connectivity index (χ3v) is 5.74. The SMILES string of the molecule is N#Cc1ccc(OC2c3ccccc3CC2N2CCCC(N)C2)cc1Cl. The van der Waals surface area contributed by atoms with Crippen LogP contribution in [0.15, 0.2) is 42.5 Å². The van der Waals surface area contributed by atoms with Gasteiger partial charge in [0, 0.05) is 18.7 Å². The molecule has 4 rings (SSSR count). The smallest absolute Gasteiger partial charge is 0.140 e. The Morgan fingerprint density at radius 1 is 1.23 bits per heavy atom. The molecule has 4 nitrogen and oxygen atoms in total. The summed E-state index contributed by atoms with van der Waals surface area (Å²) in [4.78, 5) is 2.48. The second-order valence-electron chi connectivity index (χ2n) is 7.16. The van der Waals surface area contributed by atoms with E-state index < -0.39 is 0 Å². The average Bonchev–Trinajstić information content (AvgIpc) is 3.01. The monoisotopic (exact) mass is 367 g/mol. The number of halogens is 1. The maximum Gasteiger partial charge on any atom is 0.140 e. The molecule has 1 fully saturated rings. The fourth-order valence-electron chi connectivity index (χ4n) is 4.15. The van der Waals surface area contributed by atoms with Crippen LogP contribution in [-0.2, 0) is 6.42 Å². The van der Waals surface area contributed by atoms with E-state index in [0.29, 0.717) is 16.3 Å². The van der Waals surface area contributed by atoms with Crippen molar-refractivity contribution in [1.29, 1.82) is 5.26 Å². The first-order valence-corrected chi connectivity index (χ1v) is 9.47. The number of nitrogens with two attached hydrogens (primary N) is 1. The highest BCUT2D eigenvalue weighted by Gasteiger charge is 2.39. The molecule has 134 valence electrons. The van der Waals surface area contributed by atoms with Gasteiger partial charge in [0.25, 0.3) is 0 Å². The van der Waals surface area contributed by atoms with Gasteiger partial charge >= 0.3 is 0 Å². The van der Waals surface area contributed by atoms with Gasteiger partial charge in [0.05, 0.1) is 16.6 Å². The molecular formula is C21H22ClN3O. The van der Waals surface area contributed by atoms with E-state index in [9.17, 15) is 0 Å². The number of nitriles is 1. The summed E-state index contributed by atoms with van der Waals surface area (Å²) >= 11 is 6.19. The van der Waals surface area contributed by atoms with Gasteiger partial charge in [0.15, 0.2) is 0 Å². The molecular weight excluding hydrogens is 346 g/mol. The van der Waals surface area contributed by atoms with Crippen LogP contribution in [0, 0.1) is 11.3 Å². The topological polar surface area (TPSA) is 62.3 Å². The van der Waals surface area contributed by atoms with Crippen molar-refractivity contribution >= 4 is 11.6 Å². The predicted octanol–water partition coefficient (Wildman–Crippen LogP) is 3.68. The lowest BCUT2D eigenvalue weighted by atomic mass is 10.0. The summed E-state index contributed by atoms with van der Waals surface area (Å²) in [5, 5.41) is 9.49. The normalized spacial score (nSPS) is 25.5. The zero-order valence-corrected chi connectivity index (χ0v) is 15.3. The molecule has 0 bridgehead atoms. The molecule has 2 aromatic carbocycles. The summed E-state index contributed by atoms with van der Waals surface area (Å²) in [6.07, 6.45) is 3.13. The minimum atomic E-state index is -0.0551. The molecule has 0 amide bonds. The van der Waals surface area contributed by atoms with Crippen molar-refractivity contribution in [3.05, 3.63) is 64.2 Å². The van der Waals surface area contributed by atoms with Gasteiger partial charge in [-0.2, -0.15) is 5.26 Å². The van der Waals surface area contributed by atoms with Crippen LogP contribution in [-0.4, -0.2) is 30.1 Å². The lowest BCUT2D eigenvalue weighted by Crippen LogP contribution is -2.49. The van der Waals surface area contributed by atoms with Gasteiger partial charge in [0.2, 0.25) is 0 Å². The van der Waals surface area contributed by atoms with E-state index in [2.05, 4.69) is 35.2 Å². The minimum absolute atomic E-state index is 0.0551. The Hall–Kier alpha value is -2.06. The van der Waals surface area contributed by atoms with Crippen LogP contribution in [0.5, 0.6) is 5.75 Å². The maximum absolute atomic E-state index is 9.07. The van der Waals surface area contributed by atoms with Crippen LogP contribution in [0.4, 0.5) is 0 Å². The molecule has 5 heteroatoms. The molecule has 2 N–H and O–H groups in total. The van der Waals surface area contributed by atoms with Crippen LogP contribution < -0.4 is 10.5 Å². The van der Waals surface area contributed by atoms with Gasteiger partial charge in [0.1, 0.15) is 17.9 Å². The molecule has 1 aliphatic carbocycles. The lowest BCUT2D eigenvalue weighted by Gasteiger charge is -2.38. The summed E-state index contributed by atoms with van der Waals surface area (Å²) in [6.45, 7) is 1.97. The second kappa shape index (κ2) is 7.28. The molecule has 3 unspecified atom stereocenters. The lowest BCUT2D eigenvalue weighted by molar-refractivity contribution is 0.0593. The first-order chi connectivity index (χ1) is 12.7. The van der Waals surface area contributed by atoms with E-state index in [1.165, 1.54) is 11.1 Å². The highest BCUT2D eigenvalue weighted by atomic mass is 35.5. The molecule has 2 aliphatic rings. The van der Waals surface area contributed by atoms with Crippen LogP contribution in [0.2, 0.25) is 5.02 Å². The number of rotatable bonds is 3. The molecule has 3 atom stereocenters. The Labute approximate surface area is 159 Å². The molecule has 26 heavy (non-hydrogen) atoms. The van der Waals surface area contributed by atoms with Crippen LogP contribution in [0.3, 0.4) is 0 Å². The molecule has 2 aromatic rings. The number of piperidine rings is 1. The highest BCUT2D eigenvalue weighted by molar-refractivity contribution is 6.31. The Balaban J connectivity index is 1.63. The summed E-state index contributed by atoms with van der Waals surface area (Å²) in [6, 6.07) is 16.3. The first kappa shape index (κ1) is 17.4. The molecule has 0 radical (unpaired) electrons. The third kappa shape index (κ3) is 3.31. The fraction of sp³-hybridized carbons (Fsp3) is 0.381. The van der Waals surface area contributed by atoms with Gasteiger partial charge in [-0.05, 0) is 49.1 Å². The molecule has 0 aromatic heterocycles. The van der Waals surface area contributed by atoms with Gasteiger partial charge in [-0.25, -0.2) is 0 Å². The zero-order valence-electron chi connectivity index (χ0n) is 14.6. The Kier molecular flexibility index (Phi) is 4.86. The zero-order chi connectivity index (χ0) is 18.1. The minimum Gasteiger partial charge on any atom is -0.484 e. The number of fused-ring (bicyclic) bond motifs is 1. The summed E-state index contributed by atoms with van der Waals surface area (Å²) in [7, 11) is 0. The Morgan fingerprint density at radius 2 is 2.08 bits per heavy atom. The van der Waals surface area contributed by atoms with Crippen molar-refractivity contribution in [3.63, 3.8) is 0 Å². The largest absolute Gasteiger partial charge is 0.484 e. The van der Waals surface area contributed by atoms with Crippen molar-refractivity contribution in [2.45, 2.75) is 37.5 Å². The standard InChI is InChI=1S/C21H22ClN3O/c22-19-11-17(8-7-15(19)12-23)26-21-18-6-2-1-4-14(18)10-20(21)25-9-3-5-16(24)13-25/h1-2,4,6-8,11,16,20-21H,3,5,9-10,13,24H2. The van der Waals surface area contributed by atoms with Gasteiger partial charge in [-0.15, -0.1) is 0 Å². The van der Waals surface area contributed by atoms with Crippen LogP contribution in [0.25, 0.3) is 0 Å². The van der Waals surface area contributed by atoms with E-state index in [-0.39, 0.29) is 18.2 Å². The van der Waals surface area contributed by atoms with E-state index in [1.54, 1.807) is 12.1 Å². The van der Waals surface area contributed by atoms with Gasteiger partial charge in [-0.3, -0.25) is 4.90 Å². The molecule has 0 saturated carbocycles. The number of nitrogens with zero attached hydrogens (tertiary/aromatic N) is 2.